The van der Waals surface area contributed by atoms with Gasteiger partial charge in [0.2, 0.25) is 6.79 Å². The van der Waals surface area contributed by atoms with Crippen LogP contribution >= 0.6 is 0 Å². The minimum Gasteiger partial charge on any atom is -0.454 e. The second kappa shape index (κ2) is 7.58. The number of nitrogens with one attached hydrogen (secondary N) is 1. The maximum atomic E-state index is 12.7. The molecule has 8 heteroatoms. The van der Waals surface area contributed by atoms with E-state index in [0.29, 0.717) is 43.3 Å². The summed E-state index contributed by atoms with van der Waals surface area (Å²) in [6.45, 7) is 5.29. The maximum Gasteiger partial charge on any atom is 0.251 e. The first-order valence-electron chi connectivity index (χ1n) is 8.93. The SMILES string of the molecule is Cc1noc(C)c1CO[C@@H]1COCC[C@H]1NC(=O)c1ccc2c(c1)OCO2. The lowest BCUT2D eigenvalue weighted by atomic mass is 10.0. The van der Waals surface area contributed by atoms with Crippen LogP contribution in [0.2, 0.25) is 0 Å². The summed E-state index contributed by atoms with van der Waals surface area (Å²) < 4.78 is 27.4. The Morgan fingerprint density at radius 1 is 1.30 bits per heavy atom. The highest BCUT2D eigenvalue weighted by molar-refractivity contribution is 5.95. The molecule has 0 aliphatic carbocycles. The number of benzene rings is 1. The lowest BCUT2D eigenvalue weighted by Crippen LogP contribution is -2.50. The Morgan fingerprint density at radius 3 is 2.96 bits per heavy atom. The molecule has 0 bridgehead atoms. The normalized spacial score (nSPS) is 21.3. The van der Waals surface area contributed by atoms with E-state index in [9.17, 15) is 4.79 Å². The topological polar surface area (TPSA) is 92.1 Å². The van der Waals surface area contributed by atoms with E-state index in [1.54, 1.807) is 18.2 Å². The summed E-state index contributed by atoms with van der Waals surface area (Å²) in [6, 6.07) is 5.02. The van der Waals surface area contributed by atoms with Gasteiger partial charge in [0.1, 0.15) is 11.9 Å². The molecule has 1 fully saturated rings. The lowest BCUT2D eigenvalue weighted by Gasteiger charge is -2.32. The van der Waals surface area contributed by atoms with Crippen molar-refractivity contribution in [1.82, 2.24) is 10.5 Å². The Morgan fingerprint density at radius 2 is 2.15 bits per heavy atom. The Balaban J connectivity index is 1.40. The van der Waals surface area contributed by atoms with Crippen LogP contribution in [0.25, 0.3) is 0 Å². The number of fused-ring (bicyclic) bond motifs is 1. The monoisotopic (exact) mass is 374 g/mol. The number of carbonyl (C=O) groups is 1. The summed E-state index contributed by atoms with van der Waals surface area (Å²) in [5, 5.41) is 6.99. The van der Waals surface area contributed by atoms with Gasteiger partial charge in [-0.15, -0.1) is 0 Å². The van der Waals surface area contributed by atoms with Crippen molar-refractivity contribution in [2.75, 3.05) is 20.0 Å². The van der Waals surface area contributed by atoms with Gasteiger partial charge in [0.15, 0.2) is 11.5 Å². The van der Waals surface area contributed by atoms with Crippen LogP contribution in [0, 0.1) is 13.8 Å². The third-order valence-corrected chi connectivity index (χ3v) is 4.88. The van der Waals surface area contributed by atoms with Gasteiger partial charge < -0.3 is 28.8 Å². The minimum absolute atomic E-state index is 0.142. The molecule has 1 aromatic carbocycles. The van der Waals surface area contributed by atoms with Gasteiger partial charge in [-0.25, -0.2) is 0 Å². The molecule has 2 aliphatic heterocycles. The molecule has 4 rings (SSSR count). The standard InChI is InChI=1S/C19H22N2O6/c1-11-14(12(2)27-21-11)8-24-18-9-23-6-5-15(18)20-19(22)13-3-4-16-17(7-13)26-10-25-16/h3-4,7,15,18H,5-6,8-10H2,1-2H3,(H,20,22)/t15-,18-/m1/s1. The second-order valence-corrected chi connectivity index (χ2v) is 6.66. The average Bonchev–Trinajstić information content (AvgIpc) is 3.27. The first-order valence-corrected chi connectivity index (χ1v) is 8.93. The zero-order valence-electron chi connectivity index (χ0n) is 15.3. The summed E-state index contributed by atoms with van der Waals surface area (Å²) in [7, 11) is 0. The van der Waals surface area contributed by atoms with Crippen molar-refractivity contribution < 1.29 is 28.3 Å². The molecular formula is C19H22N2O6. The van der Waals surface area contributed by atoms with E-state index in [1.165, 1.54) is 0 Å². The van der Waals surface area contributed by atoms with E-state index in [0.717, 1.165) is 17.0 Å². The highest BCUT2D eigenvalue weighted by Crippen LogP contribution is 2.32. The van der Waals surface area contributed by atoms with Gasteiger partial charge in [0.25, 0.3) is 5.91 Å². The molecule has 1 amide bonds. The van der Waals surface area contributed by atoms with Crippen LogP contribution in [0.5, 0.6) is 11.5 Å². The molecule has 0 spiro atoms. The van der Waals surface area contributed by atoms with E-state index in [-0.39, 0.29) is 24.8 Å². The fraction of sp³-hybridized carbons (Fsp3) is 0.474. The first-order chi connectivity index (χ1) is 13.1. The molecule has 2 atom stereocenters. The largest absolute Gasteiger partial charge is 0.454 e. The molecule has 1 saturated heterocycles. The van der Waals surface area contributed by atoms with Gasteiger partial charge >= 0.3 is 0 Å². The zero-order chi connectivity index (χ0) is 18.8. The van der Waals surface area contributed by atoms with Crippen LogP contribution < -0.4 is 14.8 Å². The molecule has 2 aliphatic rings. The number of carbonyl (C=O) groups excluding carboxylic acids is 1. The molecular weight excluding hydrogens is 352 g/mol. The van der Waals surface area contributed by atoms with E-state index < -0.39 is 0 Å². The van der Waals surface area contributed by atoms with Gasteiger partial charge in [-0.3, -0.25) is 4.79 Å². The minimum atomic E-state index is -0.245. The summed E-state index contributed by atoms with van der Waals surface area (Å²) in [5.41, 5.74) is 2.27. The fourth-order valence-corrected chi connectivity index (χ4v) is 3.23. The quantitative estimate of drug-likeness (QED) is 0.857. The molecule has 2 aromatic rings. The number of nitrogens with zero attached hydrogens (tertiary/aromatic N) is 1. The van der Waals surface area contributed by atoms with Crippen molar-refractivity contribution in [3.8, 4) is 11.5 Å². The number of aromatic nitrogens is 1. The number of ether oxygens (including phenoxy) is 4. The van der Waals surface area contributed by atoms with E-state index in [1.807, 2.05) is 13.8 Å². The smallest absolute Gasteiger partial charge is 0.251 e. The number of rotatable bonds is 5. The molecule has 3 heterocycles. The van der Waals surface area contributed by atoms with Gasteiger partial charge in [0.05, 0.1) is 24.9 Å². The van der Waals surface area contributed by atoms with Crippen LogP contribution in [0.4, 0.5) is 0 Å². The summed E-state index contributed by atoms with van der Waals surface area (Å²) in [6.07, 6.45) is 0.438. The van der Waals surface area contributed by atoms with Crippen molar-refractivity contribution in [2.24, 2.45) is 0 Å². The predicted molar refractivity (Wildman–Crippen MR) is 93.8 cm³/mol. The summed E-state index contributed by atoms with van der Waals surface area (Å²) in [5.74, 6) is 1.80. The molecule has 27 heavy (non-hydrogen) atoms. The fourth-order valence-electron chi connectivity index (χ4n) is 3.23. The van der Waals surface area contributed by atoms with Crippen LogP contribution in [0.1, 0.15) is 33.8 Å². The van der Waals surface area contributed by atoms with Crippen LogP contribution in [0.3, 0.4) is 0 Å². The number of aryl methyl sites for hydroxylation is 2. The van der Waals surface area contributed by atoms with Crippen molar-refractivity contribution in [1.29, 1.82) is 0 Å². The molecule has 0 saturated carbocycles. The Kier molecular flexibility index (Phi) is 5.00. The molecule has 8 nitrogen and oxygen atoms in total. The zero-order valence-corrected chi connectivity index (χ0v) is 15.3. The average molecular weight is 374 g/mol. The molecule has 1 N–H and O–H groups in total. The summed E-state index contributed by atoms with van der Waals surface area (Å²) in [4.78, 5) is 12.7. The van der Waals surface area contributed by atoms with Crippen LogP contribution in [-0.4, -0.2) is 43.2 Å². The number of amides is 1. The van der Waals surface area contributed by atoms with Gasteiger partial charge in [-0.05, 0) is 38.5 Å². The summed E-state index contributed by atoms with van der Waals surface area (Å²) >= 11 is 0. The Bertz CT molecular complexity index is 814. The maximum absolute atomic E-state index is 12.7. The molecule has 0 unspecified atom stereocenters. The van der Waals surface area contributed by atoms with Gasteiger partial charge in [0, 0.05) is 17.7 Å². The first kappa shape index (κ1) is 17.8. The van der Waals surface area contributed by atoms with Crippen molar-refractivity contribution in [3.05, 3.63) is 40.8 Å². The Labute approximate surface area is 156 Å². The third kappa shape index (κ3) is 3.77. The molecule has 0 radical (unpaired) electrons. The Hall–Kier alpha value is -2.58. The number of hydrogen-bond donors (Lipinski definition) is 1. The third-order valence-electron chi connectivity index (χ3n) is 4.88. The number of hydrogen-bond acceptors (Lipinski definition) is 7. The van der Waals surface area contributed by atoms with Gasteiger partial charge in [-0.2, -0.15) is 0 Å². The van der Waals surface area contributed by atoms with Crippen LogP contribution in [0.15, 0.2) is 22.7 Å². The van der Waals surface area contributed by atoms with Crippen molar-refractivity contribution in [2.45, 2.75) is 39.0 Å². The van der Waals surface area contributed by atoms with Crippen molar-refractivity contribution in [3.63, 3.8) is 0 Å². The van der Waals surface area contributed by atoms with E-state index >= 15 is 0 Å². The second-order valence-electron chi connectivity index (χ2n) is 6.66. The van der Waals surface area contributed by atoms with Gasteiger partial charge in [-0.1, -0.05) is 5.16 Å². The molecule has 1 aromatic heterocycles. The highest BCUT2D eigenvalue weighted by atomic mass is 16.7. The highest BCUT2D eigenvalue weighted by Gasteiger charge is 2.29. The van der Waals surface area contributed by atoms with E-state index in [2.05, 4.69) is 10.5 Å². The predicted octanol–water partition coefficient (Wildman–Crippen LogP) is 2.12. The van der Waals surface area contributed by atoms with Crippen molar-refractivity contribution >= 4 is 5.91 Å². The van der Waals surface area contributed by atoms with Crippen LogP contribution in [-0.2, 0) is 16.1 Å². The lowest BCUT2D eigenvalue weighted by molar-refractivity contribution is -0.0739. The molecule has 144 valence electrons. The van der Waals surface area contributed by atoms with E-state index in [4.69, 9.17) is 23.5 Å².